The van der Waals surface area contributed by atoms with E-state index in [2.05, 4.69) is 111 Å². The zero-order valence-electron chi connectivity index (χ0n) is 69.7. The molecule has 0 saturated carbocycles. The number of pyridine rings is 7. The first-order valence-corrected chi connectivity index (χ1v) is 44.8. The molecule has 43 heteroatoms. The number of aliphatic hydroxyl groups excluding tert-OH is 1. The highest BCUT2D eigenvalue weighted by molar-refractivity contribution is 7.93. The topological polar surface area (TPSA) is 388 Å². The number of hydrogen-bond acceptors (Lipinski definition) is 23. The monoisotopic (exact) mass is 1890 g/mol. The second kappa shape index (κ2) is 39.9. The molecule has 0 spiro atoms. The third kappa shape index (κ3) is 21.3. The quantitative estimate of drug-likeness (QED) is 0.0305. The van der Waals surface area contributed by atoms with Gasteiger partial charge in [0.1, 0.15) is 95.5 Å². The number of ether oxygens (including phenoxy) is 4. The molecule has 1 unspecified atom stereocenters. The van der Waals surface area contributed by atoms with E-state index in [4.69, 9.17) is 30.5 Å². The summed E-state index contributed by atoms with van der Waals surface area (Å²) in [7, 11) is -12.3. The number of benzene rings is 4. The van der Waals surface area contributed by atoms with Crippen LogP contribution in [-0.2, 0) is 40.1 Å². The third-order valence-electron chi connectivity index (χ3n) is 19.5. The Hall–Kier alpha value is -16.0. The van der Waals surface area contributed by atoms with Crippen LogP contribution >= 0.6 is 0 Å². The Morgan fingerprint density at radius 2 is 0.767 bits per heavy atom. The van der Waals surface area contributed by atoms with Gasteiger partial charge in [0.25, 0.3) is 40.1 Å². The van der Waals surface area contributed by atoms with E-state index in [0.717, 1.165) is 91.1 Å². The molecule has 676 valence electrons. The van der Waals surface area contributed by atoms with Crippen molar-refractivity contribution in [3.8, 4) is 116 Å². The van der Waals surface area contributed by atoms with Crippen molar-refractivity contribution in [3.05, 3.63) is 283 Å². The lowest BCUT2D eigenvalue weighted by molar-refractivity contribution is 0.350. The van der Waals surface area contributed by atoms with Crippen LogP contribution in [0.25, 0.3) is 66.8 Å². The molecule has 1 saturated heterocycles. The molecular formula is C90H68F8N18O13S4. The Morgan fingerprint density at radius 1 is 0.421 bits per heavy atom. The second-order valence-electron chi connectivity index (χ2n) is 28.2. The average molecular weight is 1890 g/mol. The highest BCUT2D eigenvalue weighted by Gasteiger charge is 2.29. The predicted molar refractivity (Wildman–Crippen MR) is 473 cm³/mol. The number of piperidine rings is 1. The van der Waals surface area contributed by atoms with Crippen LogP contribution in [0.15, 0.2) is 233 Å². The van der Waals surface area contributed by atoms with Crippen LogP contribution in [0.1, 0.15) is 42.0 Å². The Kier molecular flexibility index (Phi) is 27.9. The lowest BCUT2D eigenvalue weighted by Crippen LogP contribution is -2.28. The highest BCUT2D eigenvalue weighted by atomic mass is 32.2. The number of rotatable bonds is 20. The van der Waals surface area contributed by atoms with Gasteiger partial charge in [0, 0.05) is 109 Å². The SMILES string of the molecule is C#Cc1cnn2ccc(-c3cnc(OC)c(NS(=O)(=O)c4ccc(F)cc4F)c3)cc12.CC#Cc1cnn2ccc(-c3cnc(OC)c(NS(=O)(=O)c4ccc(F)cc4F)c3)cc12.COc1ncc(-c2ccn3ncc(C#CC4CCCNC4)c3n2)cc1NS(=O)(=O)c1ccc(F)cc1F.COc1ncc(-c2ccn3ncc(C#CCO)c3c2)cc1NS(=O)(=O)c1ccc(F)cc1F. The number of methoxy groups -OCH3 is 4. The molecule has 12 aromatic heterocycles. The minimum atomic E-state index is -4.41. The van der Waals surface area contributed by atoms with Crippen LogP contribution in [0.4, 0.5) is 57.9 Å². The minimum absolute atomic E-state index is 0.00400. The smallest absolute Gasteiger partial charge is 0.264 e. The lowest BCUT2D eigenvalue weighted by Gasteiger charge is -2.17. The van der Waals surface area contributed by atoms with Crippen LogP contribution < -0.4 is 43.2 Å². The van der Waals surface area contributed by atoms with Gasteiger partial charge in [-0.1, -0.05) is 35.5 Å². The molecule has 13 heterocycles. The van der Waals surface area contributed by atoms with E-state index in [1.807, 2.05) is 6.07 Å². The number of halogens is 8. The normalized spacial score (nSPS) is 12.4. The minimum Gasteiger partial charge on any atom is -0.480 e. The number of fused-ring (bicyclic) bond motifs is 4. The second-order valence-corrected chi connectivity index (χ2v) is 34.8. The van der Waals surface area contributed by atoms with Crippen LogP contribution in [0, 0.1) is 100 Å². The number of terminal acetylenes is 1. The fraction of sp³-hybridized carbons (Fsp3) is 0.122. The van der Waals surface area contributed by atoms with E-state index in [9.17, 15) is 68.8 Å². The van der Waals surface area contributed by atoms with Crippen LogP contribution in [0.3, 0.4) is 0 Å². The Bertz CT molecular complexity index is 7980. The van der Waals surface area contributed by atoms with Gasteiger partial charge in [-0.2, -0.15) is 20.4 Å². The molecule has 31 nitrogen and oxygen atoms in total. The molecule has 6 N–H and O–H groups in total. The maximum Gasteiger partial charge on any atom is 0.264 e. The standard InChI is InChI=1S/C25H22F2N6O3S.C22H16F2N4O4S.C22H16F2N4O3S.C21H14F2N4O3S/c1-36-25-22(32-37(34,35)23-7-6-19(26)12-20(23)27)11-18(14-29-25)21-8-10-33-24(31-21)17(15-30-33)5-4-16-3-2-9-28-13-16;1-32-22-19(27-33(30,31)21-5-4-17(23)11-18(21)24)9-16(12-25-22)14-6-7-28-20(10-14)15(13-26-28)3-2-8-29;1-3-4-15-13-26-28-8-7-14(10-20(15)28)16-9-19(22(31-2)25-12-16)27-32(29,30)21-6-5-17(23)11-18(21)24;1-3-13-12-25-27-7-6-14(9-19(13)27)15-8-18(21(30-2)24-11-15)26-31(28,29)20-5-4-16(22)10-17(20)23/h6-8,10-12,14-16,28,32H,2-3,9,13H2,1H3;4-7,9-13,27,29H,8H2,1H3;5-13,27H,1-2H3;1,4-12,26H,2H3. The Labute approximate surface area is 753 Å². The number of aliphatic hydroxyl groups is 1. The zero-order valence-corrected chi connectivity index (χ0v) is 73.0. The van der Waals surface area contributed by atoms with Gasteiger partial charge in [0.2, 0.25) is 23.5 Å². The molecule has 1 aliphatic heterocycles. The van der Waals surface area contributed by atoms with Crippen molar-refractivity contribution < 1.29 is 92.8 Å². The summed E-state index contributed by atoms with van der Waals surface area (Å²) in [5.41, 5.74) is 9.84. The van der Waals surface area contributed by atoms with Crippen molar-refractivity contribution in [3.63, 3.8) is 0 Å². The third-order valence-corrected chi connectivity index (χ3v) is 25.1. The number of sulfonamides is 4. The number of aromatic nitrogens is 13. The summed E-state index contributed by atoms with van der Waals surface area (Å²) in [6.07, 6.45) is 26.9. The zero-order chi connectivity index (χ0) is 94.6. The van der Waals surface area contributed by atoms with E-state index in [0.29, 0.717) is 96.7 Å². The van der Waals surface area contributed by atoms with E-state index in [1.165, 1.54) is 77.5 Å². The lowest BCUT2D eigenvalue weighted by atomic mass is 10.0. The van der Waals surface area contributed by atoms with Gasteiger partial charge in [0.05, 0.1) is 97.7 Å². The van der Waals surface area contributed by atoms with Gasteiger partial charge in [-0.05, 0) is 158 Å². The molecule has 1 fully saturated rings. The number of nitrogens with one attached hydrogen (secondary N) is 5. The molecule has 1 atom stereocenters. The summed E-state index contributed by atoms with van der Waals surface area (Å²) in [4.78, 5) is 18.4. The number of hydrogen-bond donors (Lipinski definition) is 6. The summed E-state index contributed by atoms with van der Waals surface area (Å²) in [5.74, 6) is 11.9. The predicted octanol–water partition coefficient (Wildman–Crippen LogP) is 13.4. The fourth-order valence-corrected chi connectivity index (χ4v) is 17.7. The Balaban J connectivity index is 0.000000143. The molecular weight excluding hydrogens is 1820 g/mol. The maximum atomic E-state index is 14.2. The van der Waals surface area contributed by atoms with Gasteiger partial charge in [-0.3, -0.25) is 18.9 Å². The summed E-state index contributed by atoms with van der Waals surface area (Å²) in [6, 6.07) is 27.1. The van der Waals surface area contributed by atoms with E-state index < -0.39 is 106 Å². The largest absolute Gasteiger partial charge is 0.480 e. The summed E-state index contributed by atoms with van der Waals surface area (Å²) >= 11 is 0. The van der Waals surface area contributed by atoms with Gasteiger partial charge in [0.15, 0.2) is 5.65 Å². The van der Waals surface area contributed by atoms with Crippen LogP contribution in [0.2, 0.25) is 0 Å². The van der Waals surface area contributed by atoms with Crippen LogP contribution in [0.5, 0.6) is 23.5 Å². The molecule has 4 aromatic carbocycles. The molecule has 0 radical (unpaired) electrons. The van der Waals surface area contributed by atoms with E-state index >= 15 is 0 Å². The number of nitrogens with zero attached hydrogens (tertiary/aromatic N) is 13. The average Bonchev–Trinajstić information content (AvgIpc) is 1.79. The molecule has 0 bridgehead atoms. The van der Waals surface area contributed by atoms with Gasteiger partial charge < -0.3 is 29.4 Å². The number of anilines is 4. The molecule has 16 aromatic rings. The fourth-order valence-electron chi connectivity index (χ4n) is 13.3. The van der Waals surface area contributed by atoms with Crippen molar-refractivity contribution in [2.75, 3.05) is 67.0 Å². The van der Waals surface area contributed by atoms with Gasteiger partial charge in [-0.15, -0.1) is 12.3 Å². The highest BCUT2D eigenvalue weighted by Crippen LogP contribution is 2.38. The molecule has 17 rings (SSSR count). The first kappa shape index (κ1) is 93.1. The Morgan fingerprint density at radius 3 is 1.12 bits per heavy atom. The van der Waals surface area contributed by atoms with Gasteiger partial charge in [-0.25, -0.2) is 112 Å². The van der Waals surface area contributed by atoms with Crippen LogP contribution in [-0.4, -0.2) is 150 Å². The van der Waals surface area contributed by atoms with E-state index in [1.54, 1.807) is 111 Å². The molecule has 133 heavy (non-hydrogen) atoms. The van der Waals surface area contributed by atoms with Crippen molar-refractivity contribution in [2.24, 2.45) is 5.92 Å². The molecule has 1 aliphatic rings. The van der Waals surface area contributed by atoms with Gasteiger partial charge >= 0.3 is 0 Å². The van der Waals surface area contributed by atoms with Crippen molar-refractivity contribution in [1.82, 2.24) is 68.7 Å². The maximum absolute atomic E-state index is 14.2. The van der Waals surface area contributed by atoms with Crippen molar-refractivity contribution >= 4 is 85.0 Å². The summed E-state index contributed by atoms with van der Waals surface area (Å²) in [5, 5.41) is 29.2. The van der Waals surface area contributed by atoms with Crippen molar-refractivity contribution in [1.29, 1.82) is 0 Å². The first-order chi connectivity index (χ1) is 63.8. The summed E-state index contributed by atoms with van der Waals surface area (Å²) < 4.78 is 247. The van der Waals surface area contributed by atoms with Crippen molar-refractivity contribution in [2.45, 2.75) is 39.3 Å². The molecule has 0 amide bonds. The van der Waals surface area contributed by atoms with E-state index in [-0.39, 0.29) is 58.8 Å². The summed E-state index contributed by atoms with van der Waals surface area (Å²) in [6.45, 7) is 3.29. The first-order valence-electron chi connectivity index (χ1n) is 38.9. The molecule has 0 aliphatic carbocycles.